The number of hydrogen-bond donors (Lipinski definition) is 1. The highest BCUT2D eigenvalue weighted by atomic mass is 79.9. The second-order valence-electron chi connectivity index (χ2n) is 4.10. The van der Waals surface area contributed by atoms with E-state index in [-0.39, 0.29) is 10.9 Å². The van der Waals surface area contributed by atoms with Gasteiger partial charge in [-0.15, -0.1) is 0 Å². The SMILES string of the molecule is O=C(Cc1cccc(Cl)c1)Nc1c(F)cc(Br)cc1F. The van der Waals surface area contributed by atoms with E-state index >= 15 is 0 Å². The van der Waals surface area contributed by atoms with Gasteiger partial charge in [-0.1, -0.05) is 39.7 Å². The Hall–Kier alpha value is -1.46. The molecule has 0 radical (unpaired) electrons. The molecule has 0 aromatic heterocycles. The summed E-state index contributed by atoms with van der Waals surface area (Å²) in [5.74, 6) is -2.19. The minimum Gasteiger partial charge on any atom is -0.321 e. The fourth-order valence-electron chi connectivity index (χ4n) is 1.68. The summed E-state index contributed by atoms with van der Waals surface area (Å²) in [6.45, 7) is 0. The van der Waals surface area contributed by atoms with Crippen molar-refractivity contribution in [3.63, 3.8) is 0 Å². The molecule has 0 aliphatic heterocycles. The van der Waals surface area contributed by atoms with Gasteiger partial charge in [0.1, 0.15) is 5.69 Å². The van der Waals surface area contributed by atoms with Crippen LogP contribution >= 0.6 is 27.5 Å². The molecule has 0 saturated carbocycles. The molecule has 20 heavy (non-hydrogen) atoms. The highest BCUT2D eigenvalue weighted by Gasteiger charge is 2.14. The molecule has 0 heterocycles. The maximum atomic E-state index is 13.6. The third-order valence-corrected chi connectivity index (χ3v) is 3.22. The monoisotopic (exact) mass is 359 g/mol. The Labute approximate surface area is 127 Å². The number of halogens is 4. The third-order valence-electron chi connectivity index (χ3n) is 2.53. The number of amides is 1. The van der Waals surface area contributed by atoms with E-state index in [0.717, 1.165) is 12.1 Å². The molecule has 0 aliphatic rings. The second kappa shape index (κ2) is 6.33. The molecule has 1 amide bonds. The Morgan fingerprint density at radius 3 is 2.45 bits per heavy atom. The van der Waals surface area contributed by atoms with Crippen LogP contribution in [0.4, 0.5) is 14.5 Å². The van der Waals surface area contributed by atoms with Crippen molar-refractivity contribution in [3.8, 4) is 0 Å². The predicted molar refractivity (Wildman–Crippen MR) is 77.8 cm³/mol. The van der Waals surface area contributed by atoms with Crippen LogP contribution in [0.5, 0.6) is 0 Å². The summed E-state index contributed by atoms with van der Waals surface area (Å²) in [5, 5.41) is 2.72. The first kappa shape index (κ1) is 14.9. The van der Waals surface area contributed by atoms with E-state index < -0.39 is 23.2 Å². The molecule has 0 fully saturated rings. The van der Waals surface area contributed by atoms with Crippen molar-refractivity contribution in [1.82, 2.24) is 0 Å². The zero-order chi connectivity index (χ0) is 14.7. The number of hydrogen-bond acceptors (Lipinski definition) is 1. The smallest absolute Gasteiger partial charge is 0.228 e. The predicted octanol–water partition coefficient (Wildman–Crippen LogP) is 4.56. The first-order valence-electron chi connectivity index (χ1n) is 5.64. The fourth-order valence-corrected chi connectivity index (χ4v) is 2.29. The van der Waals surface area contributed by atoms with E-state index in [0.29, 0.717) is 10.6 Å². The lowest BCUT2D eigenvalue weighted by atomic mass is 10.1. The molecular formula is C14H9BrClF2NO. The lowest BCUT2D eigenvalue weighted by molar-refractivity contribution is -0.115. The fraction of sp³-hybridized carbons (Fsp3) is 0.0714. The molecule has 1 N–H and O–H groups in total. The van der Waals surface area contributed by atoms with Gasteiger partial charge in [-0.25, -0.2) is 8.78 Å². The molecular weight excluding hydrogens is 352 g/mol. The van der Waals surface area contributed by atoms with Crippen LogP contribution in [0.2, 0.25) is 5.02 Å². The molecule has 0 atom stereocenters. The average Bonchev–Trinajstić information content (AvgIpc) is 2.33. The Bertz CT molecular complexity index is 640. The standard InChI is InChI=1S/C14H9BrClF2NO/c15-9-6-11(17)14(12(18)7-9)19-13(20)5-8-2-1-3-10(16)4-8/h1-4,6-7H,5H2,(H,19,20). The van der Waals surface area contributed by atoms with E-state index in [1.54, 1.807) is 24.3 Å². The van der Waals surface area contributed by atoms with Crippen LogP contribution in [0.25, 0.3) is 0 Å². The summed E-state index contributed by atoms with van der Waals surface area (Å²) >= 11 is 8.77. The van der Waals surface area contributed by atoms with Crippen LogP contribution in [-0.2, 0) is 11.2 Å². The zero-order valence-electron chi connectivity index (χ0n) is 10.1. The van der Waals surface area contributed by atoms with Crippen LogP contribution in [0, 0.1) is 11.6 Å². The van der Waals surface area contributed by atoms with E-state index in [1.807, 2.05) is 0 Å². The molecule has 2 nitrogen and oxygen atoms in total. The molecule has 0 aliphatic carbocycles. The van der Waals surface area contributed by atoms with Crippen molar-refractivity contribution >= 4 is 39.1 Å². The number of carbonyl (C=O) groups is 1. The molecule has 6 heteroatoms. The van der Waals surface area contributed by atoms with E-state index in [9.17, 15) is 13.6 Å². The average molecular weight is 361 g/mol. The molecule has 2 aromatic carbocycles. The summed E-state index contributed by atoms with van der Waals surface area (Å²) in [6.07, 6.45) is -0.0183. The number of benzene rings is 2. The van der Waals surface area contributed by atoms with Gasteiger partial charge in [0.05, 0.1) is 6.42 Å². The van der Waals surface area contributed by atoms with Crippen molar-refractivity contribution in [2.75, 3.05) is 5.32 Å². The van der Waals surface area contributed by atoms with Gasteiger partial charge in [0.25, 0.3) is 0 Å². The van der Waals surface area contributed by atoms with Crippen LogP contribution in [0.1, 0.15) is 5.56 Å². The van der Waals surface area contributed by atoms with Crippen LogP contribution < -0.4 is 5.32 Å². The Morgan fingerprint density at radius 2 is 1.85 bits per heavy atom. The topological polar surface area (TPSA) is 29.1 Å². The minimum absolute atomic E-state index is 0.0183. The van der Waals surface area contributed by atoms with Gasteiger partial charge in [-0.3, -0.25) is 4.79 Å². The third kappa shape index (κ3) is 3.77. The first-order chi connectivity index (χ1) is 9.45. The largest absolute Gasteiger partial charge is 0.321 e. The summed E-state index contributed by atoms with van der Waals surface area (Å²) in [5.41, 5.74) is 0.202. The van der Waals surface area contributed by atoms with Crippen molar-refractivity contribution < 1.29 is 13.6 Å². The minimum atomic E-state index is -0.837. The van der Waals surface area contributed by atoms with Gasteiger partial charge >= 0.3 is 0 Å². The molecule has 2 aromatic rings. The number of anilines is 1. The summed E-state index contributed by atoms with van der Waals surface area (Å²) in [6, 6.07) is 8.87. The van der Waals surface area contributed by atoms with Crippen molar-refractivity contribution in [2.24, 2.45) is 0 Å². The van der Waals surface area contributed by atoms with E-state index in [4.69, 9.17) is 11.6 Å². The van der Waals surface area contributed by atoms with Gasteiger partial charge in [0, 0.05) is 9.50 Å². The van der Waals surface area contributed by atoms with Crippen molar-refractivity contribution in [1.29, 1.82) is 0 Å². The molecule has 104 valence electrons. The van der Waals surface area contributed by atoms with Gasteiger partial charge in [-0.2, -0.15) is 0 Å². The normalized spacial score (nSPS) is 10.4. The summed E-state index contributed by atoms with van der Waals surface area (Å²) < 4.78 is 27.4. The maximum absolute atomic E-state index is 13.6. The maximum Gasteiger partial charge on any atom is 0.228 e. The second-order valence-corrected chi connectivity index (χ2v) is 5.45. The number of nitrogens with one attached hydrogen (secondary N) is 1. The van der Waals surface area contributed by atoms with Crippen molar-refractivity contribution in [2.45, 2.75) is 6.42 Å². The Morgan fingerprint density at radius 1 is 1.20 bits per heavy atom. The van der Waals surface area contributed by atoms with Crippen LogP contribution in [0.3, 0.4) is 0 Å². The highest BCUT2D eigenvalue weighted by molar-refractivity contribution is 9.10. The van der Waals surface area contributed by atoms with Crippen LogP contribution in [-0.4, -0.2) is 5.91 Å². The molecule has 0 saturated heterocycles. The first-order valence-corrected chi connectivity index (χ1v) is 6.81. The lowest BCUT2D eigenvalue weighted by Gasteiger charge is -2.08. The van der Waals surface area contributed by atoms with Gasteiger partial charge in [0.2, 0.25) is 5.91 Å². The van der Waals surface area contributed by atoms with Gasteiger partial charge in [0.15, 0.2) is 11.6 Å². The van der Waals surface area contributed by atoms with Crippen LogP contribution in [0.15, 0.2) is 40.9 Å². The quantitative estimate of drug-likeness (QED) is 0.854. The van der Waals surface area contributed by atoms with Gasteiger partial charge in [-0.05, 0) is 29.8 Å². The zero-order valence-corrected chi connectivity index (χ0v) is 12.4. The van der Waals surface area contributed by atoms with E-state index in [1.165, 1.54) is 0 Å². The van der Waals surface area contributed by atoms with E-state index in [2.05, 4.69) is 21.2 Å². The number of carbonyl (C=O) groups excluding carboxylic acids is 1. The van der Waals surface area contributed by atoms with Gasteiger partial charge < -0.3 is 5.32 Å². The highest BCUT2D eigenvalue weighted by Crippen LogP contribution is 2.24. The molecule has 0 bridgehead atoms. The summed E-state index contributed by atoms with van der Waals surface area (Å²) in [7, 11) is 0. The molecule has 2 rings (SSSR count). The molecule has 0 spiro atoms. The lowest BCUT2D eigenvalue weighted by Crippen LogP contribution is -2.16. The Kier molecular flexibility index (Phi) is 4.73. The Balaban J connectivity index is 2.13. The molecule has 0 unspecified atom stereocenters. The van der Waals surface area contributed by atoms with Crippen molar-refractivity contribution in [3.05, 3.63) is 63.1 Å². The number of rotatable bonds is 3. The summed E-state index contributed by atoms with van der Waals surface area (Å²) in [4.78, 5) is 11.8.